The lowest BCUT2D eigenvalue weighted by Crippen LogP contribution is -2.48. The molecule has 0 saturated heterocycles. The van der Waals surface area contributed by atoms with Crippen LogP contribution < -0.4 is 5.73 Å². The highest BCUT2D eigenvalue weighted by Crippen LogP contribution is 2.29. The number of carbonyl (C=O) groups excluding carboxylic acids is 1. The van der Waals surface area contributed by atoms with Crippen molar-refractivity contribution in [1.29, 1.82) is 0 Å². The van der Waals surface area contributed by atoms with Gasteiger partial charge in [0.25, 0.3) is 0 Å². The summed E-state index contributed by atoms with van der Waals surface area (Å²) in [5, 5.41) is 8.74. The molecule has 0 aliphatic heterocycles. The zero-order chi connectivity index (χ0) is 13.6. The Morgan fingerprint density at radius 1 is 1.33 bits per heavy atom. The van der Waals surface area contributed by atoms with Crippen molar-refractivity contribution in [2.75, 3.05) is 13.1 Å². The van der Waals surface area contributed by atoms with Gasteiger partial charge < -0.3 is 15.7 Å². The Morgan fingerprint density at radius 3 is 2.44 bits per heavy atom. The highest BCUT2D eigenvalue weighted by Gasteiger charge is 2.32. The highest BCUT2D eigenvalue weighted by molar-refractivity contribution is 5.82. The number of aliphatic carboxylic acids is 1. The van der Waals surface area contributed by atoms with Crippen molar-refractivity contribution >= 4 is 11.9 Å². The van der Waals surface area contributed by atoms with E-state index in [0.717, 1.165) is 32.1 Å². The Kier molecular flexibility index (Phi) is 5.17. The third kappa shape index (κ3) is 4.38. The maximum absolute atomic E-state index is 12.0. The van der Waals surface area contributed by atoms with Gasteiger partial charge in [-0.15, -0.1) is 6.42 Å². The molecule has 1 aliphatic rings. The number of terminal acetylenes is 1. The molecule has 1 saturated carbocycles. The van der Waals surface area contributed by atoms with E-state index in [1.54, 1.807) is 0 Å². The van der Waals surface area contributed by atoms with Crippen LogP contribution in [0.4, 0.5) is 0 Å². The van der Waals surface area contributed by atoms with Gasteiger partial charge >= 0.3 is 5.97 Å². The number of rotatable bonds is 5. The Bertz CT molecular complexity index is 354. The van der Waals surface area contributed by atoms with Gasteiger partial charge in [0.1, 0.15) is 6.54 Å². The number of amides is 1. The van der Waals surface area contributed by atoms with Crippen LogP contribution >= 0.6 is 0 Å². The predicted molar refractivity (Wildman–Crippen MR) is 67.7 cm³/mol. The van der Waals surface area contributed by atoms with Crippen molar-refractivity contribution in [3.63, 3.8) is 0 Å². The van der Waals surface area contributed by atoms with Crippen LogP contribution in [-0.4, -0.2) is 40.5 Å². The van der Waals surface area contributed by atoms with Crippen molar-refractivity contribution in [3.8, 4) is 12.3 Å². The summed E-state index contributed by atoms with van der Waals surface area (Å²) in [4.78, 5) is 23.9. The first kappa shape index (κ1) is 14.5. The molecule has 1 fully saturated rings. The van der Waals surface area contributed by atoms with E-state index in [4.69, 9.17) is 17.3 Å². The summed E-state index contributed by atoms with van der Waals surface area (Å²) in [6, 6.07) is 0. The molecule has 0 heterocycles. The smallest absolute Gasteiger partial charge is 0.323 e. The molecule has 0 unspecified atom stereocenters. The average molecular weight is 252 g/mol. The van der Waals surface area contributed by atoms with Gasteiger partial charge in [-0.25, -0.2) is 0 Å². The number of nitrogens with two attached hydrogens (primary N) is 1. The standard InChI is InChI=1S/C13H20N2O3/c1-2-8-15(10-12(17)18)11(16)9-13(14)6-4-3-5-7-13/h1H,3-10,14H2,(H,17,18). The lowest BCUT2D eigenvalue weighted by Gasteiger charge is -2.34. The van der Waals surface area contributed by atoms with Gasteiger partial charge in [-0.05, 0) is 12.8 Å². The molecule has 0 aromatic rings. The first-order valence-electron chi connectivity index (χ1n) is 6.19. The first-order valence-corrected chi connectivity index (χ1v) is 6.19. The number of hydrogen-bond donors (Lipinski definition) is 2. The summed E-state index contributed by atoms with van der Waals surface area (Å²) in [5.41, 5.74) is 5.69. The van der Waals surface area contributed by atoms with Crippen LogP contribution in [0.25, 0.3) is 0 Å². The van der Waals surface area contributed by atoms with Crippen LogP contribution in [0.15, 0.2) is 0 Å². The van der Waals surface area contributed by atoms with E-state index in [0.29, 0.717) is 0 Å². The molecule has 0 spiro atoms. The number of carboxylic acids is 1. The van der Waals surface area contributed by atoms with Gasteiger partial charge in [-0.2, -0.15) is 0 Å². The van der Waals surface area contributed by atoms with Crippen molar-refractivity contribution in [1.82, 2.24) is 4.90 Å². The van der Waals surface area contributed by atoms with E-state index in [1.807, 2.05) is 0 Å². The van der Waals surface area contributed by atoms with Crippen molar-refractivity contribution < 1.29 is 14.7 Å². The minimum absolute atomic E-state index is 0.0151. The lowest BCUT2D eigenvalue weighted by molar-refractivity contribution is -0.144. The minimum atomic E-state index is -1.06. The van der Waals surface area contributed by atoms with Crippen LogP contribution in [0.1, 0.15) is 38.5 Å². The monoisotopic (exact) mass is 252 g/mol. The maximum atomic E-state index is 12.0. The summed E-state index contributed by atoms with van der Waals surface area (Å²) in [6.45, 7) is -0.347. The van der Waals surface area contributed by atoms with E-state index in [9.17, 15) is 9.59 Å². The molecule has 3 N–H and O–H groups in total. The molecule has 0 radical (unpaired) electrons. The zero-order valence-electron chi connectivity index (χ0n) is 10.5. The Morgan fingerprint density at radius 2 is 1.94 bits per heavy atom. The van der Waals surface area contributed by atoms with Crippen LogP contribution in [0.5, 0.6) is 0 Å². The molecule has 1 aliphatic carbocycles. The molecular formula is C13H20N2O3. The topological polar surface area (TPSA) is 83.6 Å². The van der Waals surface area contributed by atoms with Crippen molar-refractivity contribution in [2.45, 2.75) is 44.1 Å². The molecule has 100 valence electrons. The highest BCUT2D eigenvalue weighted by atomic mass is 16.4. The molecule has 0 bridgehead atoms. The van der Waals surface area contributed by atoms with Crippen molar-refractivity contribution in [3.05, 3.63) is 0 Å². The molecule has 0 aromatic heterocycles. The van der Waals surface area contributed by atoms with Gasteiger partial charge in [0.2, 0.25) is 5.91 Å². The average Bonchev–Trinajstić information content (AvgIpc) is 2.28. The van der Waals surface area contributed by atoms with E-state index < -0.39 is 11.5 Å². The summed E-state index contributed by atoms with van der Waals surface area (Å²) in [6.07, 6.45) is 10.2. The number of carboxylic acid groups (broad SMARTS) is 1. The quantitative estimate of drug-likeness (QED) is 0.701. The molecular weight excluding hydrogens is 232 g/mol. The zero-order valence-corrected chi connectivity index (χ0v) is 10.5. The third-order valence-electron chi connectivity index (χ3n) is 3.31. The van der Waals surface area contributed by atoms with E-state index in [-0.39, 0.29) is 25.4 Å². The summed E-state index contributed by atoms with van der Waals surface area (Å²) < 4.78 is 0. The van der Waals surface area contributed by atoms with Crippen LogP contribution in [0.2, 0.25) is 0 Å². The van der Waals surface area contributed by atoms with Gasteiger partial charge in [0.15, 0.2) is 0 Å². The fourth-order valence-electron chi connectivity index (χ4n) is 2.35. The van der Waals surface area contributed by atoms with Gasteiger partial charge in [-0.3, -0.25) is 9.59 Å². The predicted octanol–water partition coefficient (Wildman–Crippen LogP) is 0.584. The fraction of sp³-hybridized carbons (Fsp3) is 0.692. The first-order chi connectivity index (χ1) is 8.47. The molecule has 1 rings (SSSR count). The fourth-order valence-corrected chi connectivity index (χ4v) is 2.35. The van der Waals surface area contributed by atoms with Crippen LogP contribution in [0, 0.1) is 12.3 Å². The number of hydrogen-bond acceptors (Lipinski definition) is 3. The molecule has 0 atom stereocenters. The van der Waals surface area contributed by atoms with Gasteiger partial charge in [0, 0.05) is 12.0 Å². The van der Waals surface area contributed by atoms with E-state index >= 15 is 0 Å². The largest absolute Gasteiger partial charge is 0.480 e. The minimum Gasteiger partial charge on any atom is -0.480 e. The SMILES string of the molecule is C#CCN(CC(=O)O)C(=O)CC1(N)CCCCC1. The second-order valence-corrected chi connectivity index (χ2v) is 4.95. The lowest BCUT2D eigenvalue weighted by atomic mass is 9.80. The van der Waals surface area contributed by atoms with Gasteiger partial charge in [-0.1, -0.05) is 25.2 Å². The molecule has 1 amide bonds. The van der Waals surface area contributed by atoms with E-state index in [2.05, 4.69) is 5.92 Å². The molecule has 0 aromatic carbocycles. The normalized spacial score (nSPS) is 17.8. The van der Waals surface area contributed by atoms with Crippen molar-refractivity contribution in [2.24, 2.45) is 5.73 Å². The van der Waals surface area contributed by atoms with E-state index in [1.165, 1.54) is 4.90 Å². The van der Waals surface area contributed by atoms with Gasteiger partial charge in [0.05, 0.1) is 6.54 Å². The molecule has 5 heteroatoms. The maximum Gasteiger partial charge on any atom is 0.323 e. The Labute approximate surface area is 107 Å². The number of carbonyl (C=O) groups is 2. The number of nitrogens with zero attached hydrogens (tertiary/aromatic N) is 1. The summed E-state index contributed by atoms with van der Waals surface area (Å²) in [7, 11) is 0. The second-order valence-electron chi connectivity index (χ2n) is 4.95. The Hall–Kier alpha value is -1.54. The molecule has 5 nitrogen and oxygen atoms in total. The Balaban J connectivity index is 2.60. The second kappa shape index (κ2) is 6.41. The summed E-state index contributed by atoms with van der Waals surface area (Å²) >= 11 is 0. The van der Waals surface area contributed by atoms with Crippen LogP contribution in [0.3, 0.4) is 0 Å². The van der Waals surface area contributed by atoms with Crippen LogP contribution in [-0.2, 0) is 9.59 Å². The molecule has 18 heavy (non-hydrogen) atoms. The third-order valence-corrected chi connectivity index (χ3v) is 3.31. The summed E-state index contributed by atoms with van der Waals surface area (Å²) in [5.74, 6) is 0.979.